The quantitative estimate of drug-likeness (QED) is 0.851. The van der Waals surface area contributed by atoms with Crippen molar-refractivity contribution in [1.82, 2.24) is 4.90 Å². The van der Waals surface area contributed by atoms with Crippen LogP contribution in [0, 0.1) is 6.92 Å². The maximum Gasteiger partial charge on any atom is 0.241 e. The number of carbonyl (C=O) groups is 1. The Hall–Kier alpha value is -2.54. The van der Waals surface area contributed by atoms with E-state index < -0.39 is 9.84 Å². The average Bonchev–Trinajstić information content (AvgIpc) is 2.67. The molecule has 3 rings (SSSR count). The molecule has 1 fully saturated rings. The molecule has 0 bridgehead atoms. The van der Waals surface area contributed by atoms with E-state index >= 15 is 0 Å². The third-order valence-corrected chi connectivity index (χ3v) is 5.93. The molecule has 0 aromatic heterocycles. The Morgan fingerprint density at radius 1 is 1.04 bits per heavy atom. The summed E-state index contributed by atoms with van der Waals surface area (Å²) in [6.07, 6.45) is 1.18. The van der Waals surface area contributed by atoms with E-state index in [-0.39, 0.29) is 17.3 Å². The van der Waals surface area contributed by atoms with Gasteiger partial charge in [0.25, 0.3) is 0 Å². The van der Waals surface area contributed by atoms with E-state index in [0.717, 1.165) is 18.7 Å². The smallest absolute Gasteiger partial charge is 0.241 e. The predicted octanol–water partition coefficient (Wildman–Crippen LogP) is 2.16. The molecule has 6 nitrogen and oxygen atoms in total. The lowest BCUT2D eigenvalue weighted by molar-refractivity contribution is -0.129. The van der Waals surface area contributed by atoms with Crippen molar-refractivity contribution in [1.29, 1.82) is 0 Å². The molecule has 1 amide bonds. The first-order valence-corrected chi connectivity index (χ1v) is 10.9. The van der Waals surface area contributed by atoms with Gasteiger partial charge in [0.15, 0.2) is 9.84 Å². The number of aryl methyl sites for hydroxylation is 1. The first-order valence-electron chi connectivity index (χ1n) is 8.97. The molecule has 0 radical (unpaired) electrons. The van der Waals surface area contributed by atoms with Crippen LogP contribution in [-0.2, 0) is 14.6 Å². The summed E-state index contributed by atoms with van der Waals surface area (Å²) in [4.78, 5) is 16.9. The maximum absolute atomic E-state index is 12.5. The van der Waals surface area contributed by atoms with E-state index in [2.05, 4.69) is 22.3 Å². The number of benzene rings is 2. The summed E-state index contributed by atoms with van der Waals surface area (Å²) in [5, 5.41) is 3.10. The first-order chi connectivity index (χ1) is 12.8. The zero-order valence-corrected chi connectivity index (χ0v) is 16.5. The molecule has 1 aliphatic heterocycles. The Morgan fingerprint density at radius 2 is 1.70 bits per heavy atom. The molecule has 0 atom stereocenters. The standard InChI is InChI=1S/C20H25N3O3S/c1-16-8-9-18(27(2,25)26)14-19(16)21-15-20(24)23-12-10-22(11-13-23)17-6-4-3-5-7-17/h3-9,14,21H,10-13,15H2,1-2H3. The molecule has 1 heterocycles. The van der Waals surface area contributed by atoms with Gasteiger partial charge < -0.3 is 15.1 Å². The fourth-order valence-corrected chi connectivity index (χ4v) is 3.80. The lowest BCUT2D eigenvalue weighted by Crippen LogP contribution is -2.50. The van der Waals surface area contributed by atoms with Crippen LogP contribution in [-0.4, -0.2) is 58.2 Å². The average molecular weight is 388 g/mol. The van der Waals surface area contributed by atoms with Crippen LogP contribution in [0.25, 0.3) is 0 Å². The van der Waals surface area contributed by atoms with Crippen LogP contribution in [0.5, 0.6) is 0 Å². The highest BCUT2D eigenvalue weighted by Gasteiger charge is 2.21. The largest absolute Gasteiger partial charge is 0.376 e. The molecule has 0 unspecified atom stereocenters. The van der Waals surface area contributed by atoms with Gasteiger partial charge in [-0.25, -0.2) is 8.42 Å². The number of para-hydroxylation sites is 1. The molecule has 27 heavy (non-hydrogen) atoms. The number of sulfone groups is 1. The van der Waals surface area contributed by atoms with Gasteiger partial charge in [0, 0.05) is 43.8 Å². The first kappa shape index (κ1) is 19.2. The summed E-state index contributed by atoms with van der Waals surface area (Å²) >= 11 is 0. The molecule has 144 valence electrons. The van der Waals surface area contributed by atoms with Crippen LogP contribution >= 0.6 is 0 Å². The molecule has 1 aliphatic rings. The van der Waals surface area contributed by atoms with Crippen LogP contribution in [0.15, 0.2) is 53.4 Å². The second kappa shape index (κ2) is 8.00. The third-order valence-electron chi connectivity index (χ3n) is 4.82. The fourth-order valence-electron chi connectivity index (χ4n) is 3.16. The highest BCUT2D eigenvalue weighted by Crippen LogP contribution is 2.20. The Balaban J connectivity index is 1.56. The monoisotopic (exact) mass is 387 g/mol. The molecule has 2 aromatic carbocycles. The Morgan fingerprint density at radius 3 is 2.33 bits per heavy atom. The summed E-state index contributed by atoms with van der Waals surface area (Å²) in [6.45, 7) is 5.00. The van der Waals surface area contributed by atoms with Crippen LogP contribution in [0.2, 0.25) is 0 Å². The Kier molecular flexibility index (Phi) is 5.70. The zero-order chi connectivity index (χ0) is 19.4. The summed E-state index contributed by atoms with van der Waals surface area (Å²) in [5.41, 5.74) is 2.76. The van der Waals surface area contributed by atoms with Gasteiger partial charge in [-0.05, 0) is 36.8 Å². The molecule has 7 heteroatoms. The summed E-state index contributed by atoms with van der Waals surface area (Å²) in [7, 11) is -3.27. The van der Waals surface area contributed by atoms with Gasteiger partial charge >= 0.3 is 0 Å². The fraction of sp³-hybridized carbons (Fsp3) is 0.350. The van der Waals surface area contributed by atoms with Crippen LogP contribution in [0.4, 0.5) is 11.4 Å². The van der Waals surface area contributed by atoms with E-state index in [0.29, 0.717) is 18.8 Å². The number of hydrogen-bond donors (Lipinski definition) is 1. The second-order valence-electron chi connectivity index (χ2n) is 6.81. The maximum atomic E-state index is 12.5. The van der Waals surface area contributed by atoms with Crippen molar-refractivity contribution in [3.8, 4) is 0 Å². The highest BCUT2D eigenvalue weighted by molar-refractivity contribution is 7.90. The number of piperazine rings is 1. The number of carbonyl (C=O) groups excluding carboxylic acids is 1. The van der Waals surface area contributed by atoms with Crippen molar-refractivity contribution in [3.63, 3.8) is 0 Å². The summed E-state index contributed by atoms with van der Waals surface area (Å²) < 4.78 is 23.4. The minimum absolute atomic E-state index is 0.0203. The second-order valence-corrected chi connectivity index (χ2v) is 8.82. The van der Waals surface area contributed by atoms with E-state index in [1.54, 1.807) is 18.2 Å². The van der Waals surface area contributed by atoms with Gasteiger partial charge in [-0.1, -0.05) is 24.3 Å². The van der Waals surface area contributed by atoms with Crippen LogP contribution in [0.3, 0.4) is 0 Å². The molecular formula is C20H25N3O3S. The molecule has 0 aliphatic carbocycles. The summed E-state index contributed by atoms with van der Waals surface area (Å²) in [6, 6.07) is 15.1. The number of nitrogens with zero attached hydrogens (tertiary/aromatic N) is 2. The van der Waals surface area contributed by atoms with E-state index in [1.165, 1.54) is 11.9 Å². The van der Waals surface area contributed by atoms with Crippen molar-refractivity contribution >= 4 is 27.1 Å². The van der Waals surface area contributed by atoms with Crippen molar-refractivity contribution in [2.75, 3.05) is 49.2 Å². The molecule has 1 saturated heterocycles. The van der Waals surface area contributed by atoms with Gasteiger partial charge in [-0.15, -0.1) is 0 Å². The van der Waals surface area contributed by atoms with Crippen molar-refractivity contribution in [2.24, 2.45) is 0 Å². The minimum atomic E-state index is -3.27. The van der Waals surface area contributed by atoms with Gasteiger partial charge in [0.2, 0.25) is 5.91 Å². The Labute approximate surface area is 160 Å². The van der Waals surface area contributed by atoms with Crippen LogP contribution < -0.4 is 10.2 Å². The van der Waals surface area contributed by atoms with Gasteiger partial charge in [0.1, 0.15) is 0 Å². The van der Waals surface area contributed by atoms with Gasteiger partial charge in [-0.2, -0.15) is 0 Å². The molecule has 2 aromatic rings. The van der Waals surface area contributed by atoms with E-state index in [9.17, 15) is 13.2 Å². The SMILES string of the molecule is Cc1ccc(S(C)(=O)=O)cc1NCC(=O)N1CCN(c2ccccc2)CC1. The Bertz CT molecular complexity index is 905. The number of nitrogens with one attached hydrogen (secondary N) is 1. The lowest BCUT2D eigenvalue weighted by Gasteiger charge is -2.36. The van der Waals surface area contributed by atoms with Gasteiger partial charge in [-0.3, -0.25) is 4.79 Å². The van der Waals surface area contributed by atoms with E-state index in [1.807, 2.05) is 30.0 Å². The minimum Gasteiger partial charge on any atom is -0.376 e. The summed E-state index contributed by atoms with van der Waals surface area (Å²) in [5.74, 6) is 0.0203. The van der Waals surface area contributed by atoms with Crippen molar-refractivity contribution in [3.05, 3.63) is 54.1 Å². The topological polar surface area (TPSA) is 69.7 Å². The van der Waals surface area contributed by atoms with Crippen molar-refractivity contribution < 1.29 is 13.2 Å². The third kappa shape index (κ3) is 4.80. The number of anilines is 2. The molecule has 1 N–H and O–H groups in total. The molecular weight excluding hydrogens is 362 g/mol. The molecule has 0 spiro atoms. The van der Waals surface area contributed by atoms with E-state index in [4.69, 9.17) is 0 Å². The number of rotatable bonds is 5. The van der Waals surface area contributed by atoms with Crippen LogP contribution in [0.1, 0.15) is 5.56 Å². The number of amides is 1. The van der Waals surface area contributed by atoms with Crippen molar-refractivity contribution in [2.45, 2.75) is 11.8 Å². The number of hydrogen-bond acceptors (Lipinski definition) is 5. The predicted molar refractivity (Wildman–Crippen MR) is 108 cm³/mol. The lowest BCUT2D eigenvalue weighted by atomic mass is 10.2. The normalized spacial score (nSPS) is 14.9. The molecule has 0 saturated carbocycles. The highest BCUT2D eigenvalue weighted by atomic mass is 32.2. The van der Waals surface area contributed by atoms with Gasteiger partial charge in [0.05, 0.1) is 11.4 Å². The zero-order valence-electron chi connectivity index (χ0n) is 15.7.